The molecule has 1 rings (SSSR count). The van der Waals surface area contributed by atoms with E-state index in [1.807, 2.05) is 18.9 Å². The van der Waals surface area contributed by atoms with Crippen LogP contribution in [0.4, 0.5) is 0 Å². The van der Waals surface area contributed by atoms with Gasteiger partial charge in [0, 0.05) is 12.6 Å². The molecule has 0 aromatic heterocycles. The quantitative estimate of drug-likeness (QED) is 0.772. The van der Waals surface area contributed by atoms with Crippen LogP contribution in [0.5, 0.6) is 0 Å². The molecule has 0 spiro atoms. The molecule has 0 saturated heterocycles. The van der Waals surface area contributed by atoms with Crippen molar-refractivity contribution < 1.29 is 4.79 Å². The number of nitrogens with zero attached hydrogens (tertiary/aromatic N) is 1. The summed E-state index contributed by atoms with van der Waals surface area (Å²) in [5, 5.41) is 0. The van der Waals surface area contributed by atoms with Crippen molar-refractivity contribution in [3.05, 3.63) is 0 Å². The number of hydrogen-bond acceptors (Lipinski definition) is 2. The van der Waals surface area contributed by atoms with Crippen LogP contribution in [0, 0.1) is 5.92 Å². The van der Waals surface area contributed by atoms with E-state index in [4.69, 9.17) is 5.73 Å². The third kappa shape index (κ3) is 2.33. The minimum absolute atomic E-state index is 0.0804. The van der Waals surface area contributed by atoms with Gasteiger partial charge in [-0.15, -0.1) is 0 Å². The number of likely N-dealkylation sites (N-methyl/N-ethyl adjacent to an activating group) is 1. The number of carbonyl (C=O) groups excluding carboxylic acids is 1. The van der Waals surface area contributed by atoms with Crippen LogP contribution in [-0.4, -0.2) is 28.9 Å². The van der Waals surface area contributed by atoms with Gasteiger partial charge < -0.3 is 10.6 Å². The molecule has 2 N–H and O–H groups in total. The Hall–Kier alpha value is -0.570. The molecule has 0 aromatic carbocycles. The Balaban J connectivity index is 2.75. The van der Waals surface area contributed by atoms with Crippen LogP contribution in [0.25, 0.3) is 0 Å². The molecule has 1 aliphatic carbocycles. The van der Waals surface area contributed by atoms with E-state index >= 15 is 0 Å². The second kappa shape index (κ2) is 3.78. The van der Waals surface area contributed by atoms with Gasteiger partial charge in [0.15, 0.2) is 0 Å². The first-order valence-corrected chi connectivity index (χ1v) is 5.80. The molecule has 88 valence electrons. The molecule has 1 saturated carbocycles. The first-order chi connectivity index (χ1) is 6.73. The lowest BCUT2D eigenvalue weighted by molar-refractivity contribution is -0.140. The zero-order valence-corrected chi connectivity index (χ0v) is 10.6. The van der Waals surface area contributed by atoms with Gasteiger partial charge in [-0.1, -0.05) is 6.92 Å². The van der Waals surface area contributed by atoms with E-state index in [-0.39, 0.29) is 11.4 Å². The molecule has 0 aromatic rings. The topological polar surface area (TPSA) is 46.3 Å². The van der Waals surface area contributed by atoms with Crippen molar-refractivity contribution in [2.24, 2.45) is 11.7 Å². The average Bonchev–Trinajstić information content (AvgIpc) is 2.98. The minimum Gasteiger partial charge on any atom is -0.339 e. The van der Waals surface area contributed by atoms with Crippen LogP contribution >= 0.6 is 0 Å². The van der Waals surface area contributed by atoms with Gasteiger partial charge in [0.2, 0.25) is 5.91 Å². The summed E-state index contributed by atoms with van der Waals surface area (Å²) in [6.07, 6.45) is 3.13. The Kier molecular flexibility index (Phi) is 3.15. The molecule has 1 fully saturated rings. The van der Waals surface area contributed by atoms with Gasteiger partial charge in [-0.05, 0) is 46.0 Å². The third-order valence-corrected chi connectivity index (χ3v) is 3.96. The lowest BCUT2D eigenvalue weighted by atomic mass is 9.91. The highest BCUT2D eigenvalue weighted by atomic mass is 16.2. The van der Waals surface area contributed by atoms with Gasteiger partial charge in [-0.2, -0.15) is 0 Å². The van der Waals surface area contributed by atoms with Crippen LogP contribution < -0.4 is 5.73 Å². The molecule has 0 heterocycles. The monoisotopic (exact) mass is 212 g/mol. The summed E-state index contributed by atoms with van der Waals surface area (Å²) in [5.41, 5.74) is 5.36. The van der Waals surface area contributed by atoms with Gasteiger partial charge in [0.25, 0.3) is 0 Å². The lowest BCUT2D eigenvalue weighted by Gasteiger charge is -2.39. The van der Waals surface area contributed by atoms with E-state index in [1.165, 1.54) is 0 Å². The molecular formula is C12H24N2O. The molecule has 1 aliphatic rings. The highest BCUT2D eigenvalue weighted by Gasteiger charge is 2.47. The van der Waals surface area contributed by atoms with E-state index in [0.717, 1.165) is 19.3 Å². The lowest BCUT2D eigenvalue weighted by Crippen LogP contribution is -2.58. The fourth-order valence-electron chi connectivity index (χ4n) is 1.73. The number of amides is 1. The van der Waals surface area contributed by atoms with Crippen LogP contribution in [0.1, 0.15) is 47.0 Å². The molecule has 0 bridgehead atoms. The highest BCUT2D eigenvalue weighted by Crippen LogP contribution is 2.39. The second-order valence-electron chi connectivity index (χ2n) is 5.59. The van der Waals surface area contributed by atoms with E-state index in [9.17, 15) is 4.79 Å². The molecular weight excluding hydrogens is 188 g/mol. The maximum Gasteiger partial charge on any atom is 0.242 e. The van der Waals surface area contributed by atoms with Crippen LogP contribution in [0.3, 0.4) is 0 Å². The minimum atomic E-state index is -0.665. The van der Waals surface area contributed by atoms with Crippen molar-refractivity contribution in [1.29, 1.82) is 0 Å². The number of rotatable bonds is 4. The number of carbonyl (C=O) groups is 1. The van der Waals surface area contributed by atoms with E-state index in [1.54, 1.807) is 0 Å². The summed E-state index contributed by atoms with van der Waals surface area (Å²) in [4.78, 5) is 14.1. The van der Waals surface area contributed by atoms with Crippen molar-refractivity contribution in [2.45, 2.75) is 58.0 Å². The van der Waals surface area contributed by atoms with Crippen molar-refractivity contribution in [1.82, 2.24) is 4.90 Å². The molecule has 3 heteroatoms. The predicted octanol–water partition coefficient (Wildman–Crippen LogP) is 1.76. The van der Waals surface area contributed by atoms with Crippen LogP contribution in [-0.2, 0) is 4.79 Å². The maximum atomic E-state index is 12.3. The Morgan fingerprint density at radius 2 is 1.87 bits per heavy atom. The maximum absolute atomic E-state index is 12.3. The summed E-state index contributed by atoms with van der Waals surface area (Å²) in [6, 6.07) is 0. The van der Waals surface area contributed by atoms with Crippen molar-refractivity contribution in [3.8, 4) is 0 Å². The van der Waals surface area contributed by atoms with E-state index < -0.39 is 5.54 Å². The molecule has 1 atom stereocenters. The van der Waals surface area contributed by atoms with Gasteiger partial charge in [-0.3, -0.25) is 4.79 Å². The highest BCUT2D eigenvalue weighted by molar-refractivity contribution is 5.86. The molecule has 1 unspecified atom stereocenters. The van der Waals surface area contributed by atoms with E-state index in [0.29, 0.717) is 5.92 Å². The summed E-state index contributed by atoms with van der Waals surface area (Å²) in [6.45, 7) is 8.12. The summed E-state index contributed by atoms with van der Waals surface area (Å²) < 4.78 is 0. The summed E-state index contributed by atoms with van der Waals surface area (Å²) in [5.74, 6) is 0.469. The molecule has 15 heavy (non-hydrogen) atoms. The Morgan fingerprint density at radius 3 is 2.20 bits per heavy atom. The predicted molar refractivity (Wildman–Crippen MR) is 62.5 cm³/mol. The molecule has 0 radical (unpaired) electrons. The van der Waals surface area contributed by atoms with Gasteiger partial charge in [0.1, 0.15) is 0 Å². The Morgan fingerprint density at radius 1 is 1.40 bits per heavy atom. The smallest absolute Gasteiger partial charge is 0.242 e. The standard InChI is InChI=1S/C12H24N2O/c1-6-11(2,3)14(5)10(15)12(4,13)9-7-8-9/h9H,6-8,13H2,1-5H3. The number of hydrogen-bond donors (Lipinski definition) is 1. The van der Waals surface area contributed by atoms with Crippen molar-refractivity contribution in [2.75, 3.05) is 7.05 Å². The molecule has 1 amide bonds. The number of nitrogens with two attached hydrogens (primary N) is 1. The van der Waals surface area contributed by atoms with E-state index in [2.05, 4.69) is 20.8 Å². The fraction of sp³-hybridized carbons (Fsp3) is 0.917. The zero-order chi connectivity index (χ0) is 11.9. The van der Waals surface area contributed by atoms with Gasteiger partial charge in [-0.25, -0.2) is 0 Å². The van der Waals surface area contributed by atoms with Crippen LogP contribution in [0.15, 0.2) is 0 Å². The summed E-state index contributed by atoms with van der Waals surface area (Å²) >= 11 is 0. The van der Waals surface area contributed by atoms with Crippen molar-refractivity contribution in [3.63, 3.8) is 0 Å². The van der Waals surface area contributed by atoms with Gasteiger partial charge >= 0.3 is 0 Å². The Bertz CT molecular complexity index is 254. The summed E-state index contributed by atoms with van der Waals surface area (Å²) in [7, 11) is 1.86. The largest absolute Gasteiger partial charge is 0.339 e. The van der Waals surface area contributed by atoms with Gasteiger partial charge in [0.05, 0.1) is 5.54 Å². The second-order valence-corrected chi connectivity index (χ2v) is 5.59. The van der Waals surface area contributed by atoms with Crippen molar-refractivity contribution >= 4 is 5.91 Å². The zero-order valence-electron chi connectivity index (χ0n) is 10.6. The Labute approximate surface area is 93.0 Å². The third-order valence-electron chi connectivity index (χ3n) is 3.96. The first kappa shape index (κ1) is 12.5. The normalized spacial score (nSPS) is 20.9. The fourth-order valence-corrected chi connectivity index (χ4v) is 1.73. The first-order valence-electron chi connectivity index (χ1n) is 5.80. The molecule has 3 nitrogen and oxygen atoms in total. The van der Waals surface area contributed by atoms with Crippen LogP contribution in [0.2, 0.25) is 0 Å². The average molecular weight is 212 g/mol. The molecule has 0 aliphatic heterocycles. The SMILES string of the molecule is CCC(C)(C)N(C)C(=O)C(C)(N)C1CC1.